The molecule has 16 heteroatoms. The zero-order valence-electron chi connectivity index (χ0n) is 38.2. The summed E-state index contributed by atoms with van der Waals surface area (Å²) in [6.07, 6.45) is -2.26. The second kappa shape index (κ2) is 17.6. The molecule has 352 valence electrons. The second-order valence-electron chi connectivity index (χ2n) is 20.7. The van der Waals surface area contributed by atoms with Gasteiger partial charge >= 0.3 is 5.97 Å². The van der Waals surface area contributed by atoms with Crippen molar-refractivity contribution in [1.29, 1.82) is 0 Å². The molecule has 0 saturated carbocycles. The van der Waals surface area contributed by atoms with Crippen molar-refractivity contribution in [2.24, 2.45) is 29.6 Å². The first kappa shape index (κ1) is 47.9. The maximum atomic E-state index is 11.8. The number of ether oxygens (including phenoxy) is 10. The highest BCUT2D eigenvalue weighted by Gasteiger charge is 2.63. The molecule has 7 saturated heterocycles. The minimum atomic E-state index is -2.15. The van der Waals surface area contributed by atoms with E-state index in [1.807, 2.05) is 34.6 Å². The van der Waals surface area contributed by atoms with Crippen LogP contribution in [0.5, 0.6) is 0 Å². The molecule has 23 atom stereocenters. The number of aliphatic carboxylic acids is 1. The van der Waals surface area contributed by atoms with E-state index in [9.17, 15) is 30.3 Å². The number of carbonyl (C=O) groups is 1. The lowest BCUT2D eigenvalue weighted by Crippen LogP contribution is -2.65. The van der Waals surface area contributed by atoms with Gasteiger partial charge in [-0.1, -0.05) is 34.6 Å². The molecule has 0 amide bonds. The Morgan fingerprint density at radius 1 is 0.820 bits per heavy atom. The van der Waals surface area contributed by atoms with Crippen molar-refractivity contribution < 1.29 is 77.7 Å². The van der Waals surface area contributed by atoms with Gasteiger partial charge in [0, 0.05) is 63.6 Å². The molecule has 0 aliphatic carbocycles. The SMILES string of the molecule is CO[C@H]1[C@H](O)[C@@H](C)[C@](O)(CC(=O)O)O[C@@H]1[C@@H](C)[C@H]1O[C@@]2(CC[C@@](C)([C@H]3CC[C@@](C)([C@@H]4O[C@@H]([C@H]5O[C@](C)(O)[C@@H](C)C[C@@H]5C)C[C@@H]4O[C@@H]4CC[C@@H](OC)[C@H](C)O4)O3)O2)C[C@H](O)[C@H]1C. The molecule has 7 rings (SSSR count). The third kappa shape index (κ3) is 9.09. The van der Waals surface area contributed by atoms with Gasteiger partial charge in [-0.15, -0.1) is 0 Å². The van der Waals surface area contributed by atoms with Gasteiger partial charge in [-0.3, -0.25) is 4.79 Å². The summed E-state index contributed by atoms with van der Waals surface area (Å²) in [6.45, 7) is 17.3. The Labute approximate surface area is 361 Å². The fourth-order valence-corrected chi connectivity index (χ4v) is 12.0. The monoisotopic (exact) mass is 873 g/mol. The molecule has 0 radical (unpaired) electrons. The average Bonchev–Trinajstić information content (AvgIpc) is 3.89. The summed E-state index contributed by atoms with van der Waals surface area (Å²) < 4.78 is 65.1. The second-order valence-corrected chi connectivity index (χ2v) is 20.7. The third-order valence-corrected chi connectivity index (χ3v) is 16.2. The van der Waals surface area contributed by atoms with E-state index in [-0.39, 0.29) is 54.9 Å². The summed E-state index contributed by atoms with van der Waals surface area (Å²) in [7, 11) is 3.14. The number of carboxylic acid groups (broad SMARTS) is 1. The number of rotatable bonds is 11. The normalized spacial score (nSPS) is 54.9. The predicted octanol–water partition coefficient (Wildman–Crippen LogP) is 4.04. The predicted molar refractivity (Wildman–Crippen MR) is 217 cm³/mol. The molecule has 1 spiro atoms. The fraction of sp³-hybridized carbons (Fsp3) is 0.978. The van der Waals surface area contributed by atoms with Crippen molar-refractivity contribution in [3.63, 3.8) is 0 Å². The van der Waals surface area contributed by atoms with Gasteiger partial charge in [0.1, 0.15) is 12.2 Å². The lowest BCUT2D eigenvalue weighted by molar-refractivity contribution is -0.363. The van der Waals surface area contributed by atoms with E-state index in [0.717, 1.165) is 12.8 Å². The Morgan fingerprint density at radius 3 is 2.20 bits per heavy atom. The van der Waals surface area contributed by atoms with Crippen molar-refractivity contribution >= 4 is 5.97 Å². The van der Waals surface area contributed by atoms with Gasteiger partial charge in [-0.25, -0.2) is 0 Å². The zero-order chi connectivity index (χ0) is 44.6. The highest BCUT2D eigenvalue weighted by molar-refractivity contribution is 5.68. The molecule has 5 N–H and O–H groups in total. The van der Waals surface area contributed by atoms with Gasteiger partial charge < -0.3 is 72.9 Å². The summed E-state index contributed by atoms with van der Waals surface area (Å²) in [6, 6.07) is 0. The summed E-state index contributed by atoms with van der Waals surface area (Å²) in [5, 5.41) is 55.1. The lowest BCUT2D eigenvalue weighted by atomic mass is 9.75. The standard InChI is InChI=1S/C45H76O16/c1-22-18-23(2)43(9,50)58-36(22)30-19-31(55-34-13-12-29(52-10)27(6)54-34)40(56-30)42(8)15-14-32(57-42)41(7)16-17-44(61-41)20-28(46)24(3)37(59-44)25(4)38-39(53-11)35(49)26(5)45(51,60-38)21-33(47)48/h22-32,34-40,46,49-51H,12-21H2,1-11H3,(H,47,48)/t22-,23-,24+,25-,26+,27-,28-,29+,30+,31-,32+,34+,35+,36-,37-,38+,39-,40+,41-,42-,43-,44+,45-/m0/s1. The zero-order valence-corrected chi connectivity index (χ0v) is 38.2. The number of aliphatic hydroxyl groups excluding tert-OH is 2. The van der Waals surface area contributed by atoms with Crippen molar-refractivity contribution in [3.05, 3.63) is 0 Å². The number of hydrogen-bond acceptors (Lipinski definition) is 15. The maximum Gasteiger partial charge on any atom is 0.308 e. The molecule has 0 aromatic heterocycles. The molecule has 0 unspecified atom stereocenters. The summed E-state index contributed by atoms with van der Waals surface area (Å²) in [5.41, 5.74) is -1.57. The number of hydrogen-bond donors (Lipinski definition) is 5. The number of methoxy groups -OCH3 is 2. The topological polar surface area (TPSA) is 211 Å². The maximum absolute atomic E-state index is 11.8. The Morgan fingerprint density at radius 2 is 1.54 bits per heavy atom. The van der Waals surface area contributed by atoms with E-state index in [2.05, 4.69) is 13.8 Å². The summed E-state index contributed by atoms with van der Waals surface area (Å²) in [4.78, 5) is 11.8. The van der Waals surface area contributed by atoms with Gasteiger partial charge in [0.25, 0.3) is 0 Å². The molecule has 7 aliphatic heterocycles. The van der Waals surface area contributed by atoms with Crippen LogP contribution in [0, 0.1) is 29.6 Å². The first-order valence-electron chi connectivity index (χ1n) is 22.9. The largest absolute Gasteiger partial charge is 0.481 e. The number of carboxylic acids is 1. The van der Waals surface area contributed by atoms with E-state index in [1.54, 1.807) is 14.0 Å². The van der Waals surface area contributed by atoms with E-state index in [0.29, 0.717) is 38.5 Å². The molecular formula is C45H76O16. The first-order valence-corrected chi connectivity index (χ1v) is 22.9. The van der Waals surface area contributed by atoms with E-state index < -0.39 is 102 Å². The minimum absolute atomic E-state index is 0.00446. The van der Waals surface area contributed by atoms with Crippen LogP contribution in [-0.2, 0) is 52.2 Å². The Bertz CT molecular complexity index is 1530. The van der Waals surface area contributed by atoms with E-state index >= 15 is 0 Å². The lowest BCUT2D eigenvalue weighted by Gasteiger charge is -2.53. The third-order valence-electron chi connectivity index (χ3n) is 16.2. The average molecular weight is 873 g/mol. The molecule has 61 heavy (non-hydrogen) atoms. The smallest absolute Gasteiger partial charge is 0.308 e. The number of aliphatic hydroxyl groups is 4. The summed E-state index contributed by atoms with van der Waals surface area (Å²) in [5.74, 6) is -7.65. The minimum Gasteiger partial charge on any atom is -0.481 e. The van der Waals surface area contributed by atoms with Gasteiger partial charge in [0.05, 0.1) is 78.7 Å². The van der Waals surface area contributed by atoms with Crippen molar-refractivity contribution in [2.45, 2.75) is 235 Å². The molecule has 0 bridgehead atoms. The van der Waals surface area contributed by atoms with E-state index in [4.69, 9.17) is 47.4 Å². The fourth-order valence-electron chi connectivity index (χ4n) is 12.0. The van der Waals surface area contributed by atoms with Crippen LogP contribution in [0.2, 0.25) is 0 Å². The molecule has 16 nitrogen and oxygen atoms in total. The van der Waals surface area contributed by atoms with Crippen LogP contribution in [0.4, 0.5) is 0 Å². The van der Waals surface area contributed by atoms with Crippen LogP contribution in [0.15, 0.2) is 0 Å². The van der Waals surface area contributed by atoms with Gasteiger partial charge in [-0.2, -0.15) is 0 Å². The van der Waals surface area contributed by atoms with Gasteiger partial charge in [0.15, 0.2) is 23.7 Å². The Kier molecular flexibility index (Phi) is 13.8. The highest BCUT2D eigenvalue weighted by atomic mass is 16.7. The molecule has 7 aliphatic rings. The molecular weight excluding hydrogens is 796 g/mol. The van der Waals surface area contributed by atoms with Crippen molar-refractivity contribution in [1.82, 2.24) is 0 Å². The van der Waals surface area contributed by atoms with Crippen LogP contribution >= 0.6 is 0 Å². The van der Waals surface area contributed by atoms with E-state index in [1.165, 1.54) is 14.0 Å². The van der Waals surface area contributed by atoms with Crippen molar-refractivity contribution in [3.8, 4) is 0 Å². The van der Waals surface area contributed by atoms with Crippen LogP contribution < -0.4 is 0 Å². The van der Waals surface area contributed by atoms with Crippen LogP contribution in [0.1, 0.15) is 127 Å². The van der Waals surface area contributed by atoms with Crippen LogP contribution in [0.3, 0.4) is 0 Å². The Balaban J connectivity index is 1.08. The van der Waals surface area contributed by atoms with Gasteiger partial charge in [0.2, 0.25) is 0 Å². The molecule has 0 aromatic rings. The molecule has 7 heterocycles. The quantitative estimate of drug-likeness (QED) is 0.198. The summed E-state index contributed by atoms with van der Waals surface area (Å²) >= 11 is 0. The van der Waals surface area contributed by atoms with Gasteiger partial charge in [-0.05, 0) is 65.7 Å². The van der Waals surface area contributed by atoms with Crippen LogP contribution in [-0.4, -0.2) is 154 Å². The van der Waals surface area contributed by atoms with Crippen molar-refractivity contribution in [2.75, 3.05) is 14.2 Å². The molecule has 0 aromatic carbocycles. The molecule has 7 fully saturated rings. The Hall–Kier alpha value is -1.09. The van der Waals surface area contributed by atoms with Crippen LogP contribution in [0.25, 0.3) is 0 Å². The first-order chi connectivity index (χ1) is 28.5. The highest BCUT2D eigenvalue weighted by Crippen LogP contribution is 2.54.